The van der Waals surface area contributed by atoms with Crippen LogP contribution in [0.2, 0.25) is 0 Å². The molecule has 0 spiro atoms. The highest BCUT2D eigenvalue weighted by Crippen LogP contribution is 2.56. The first kappa shape index (κ1) is 66.2. The van der Waals surface area contributed by atoms with Gasteiger partial charge in [-0.05, 0) is 200 Å². The van der Waals surface area contributed by atoms with Gasteiger partial charge < -0.3 is 14.4 Å². The first-order valence-corrected chi connectivity index (χ1v) is 39.1. The first-order chi connectivity index (χ1) is 55.2. The minimum absolute atomic E-state index is 0.272. The number of aromatic nitrogens is 1. The van der Waals surface area contributed by atoms with E-state index in [-0.39, 0.29) is 12.1 Å². The van der Waals surface area contributed by atoms with Crippen molar-refractivity contribution in [2.45, 2.75) is 26.2 Å². The van der Waals surface area contributed by atoms with E-state index in [1.54, 1.807) is 0 Å². The molecule has 0 amide bonds. The maximum atomic E-state index is 2.73. The van der Waals surface area contributed by atoms with Crippen molar-refractivity contribution in [1.29, 1.82) is 0 Å². The zero-order valence-corrected chi connectivity index (χ0v) is 62.6. The molecule has 112 heavy (non-hydrogen) atoms. The van der Waals surface area contributed by atoms with Gasteiger partial charge in [-0.25, -0.2) is 0 Å². The molecule has 1 aromatic heterocycles. The third kappa shape index (κ3) is 11.0. The van der Waals surface area contributed by atoms with Gasteiger partial charge in [-0.1, -0.05) is 354 Å². The van der Waals surface area contributed by atoms with E-state index in [9.17, 15) is 0 Å². The van der Waals surface area contributed by atoms with Crippen LogP contribution in [0.3, 0.4) is 0 Å². The van der Waals surface area contributed by atoms with Crippen LogP contribution in [-0.4, -0.2) is 11.3 Å². The van der Waals surface area contributed by atoms with Crippen LogP contribution in [0.4, 0.5) is 34.1 Å². The van der Waals surface area contributed by atoms with Crippen molar-refractivity contribution in [1.82, 2.24) is 4.57 Å². The van der Waals surface area contributed by atoms with Crippen LogP contribution in [0.1, 0.15) is 26.3 Å². The molecule has 0 atom stereocenters. The van der Waals surface area contributed by atoms with Gasteiger partial charge >= 0.3 is 0 Å². The summed E-state index contributed by atoms with van der Waals surface area (Å²) in [6.07, 6.45) is 0. The predicted octanol–water partition coefficient (Wildman–Crippen LogP) is 27.5. The molecule has 0 unspecified atom stereocenters. The molecular weight excluding hydrogens is 1350 g/mol. The molecule has 3 heterocycles. The van der Waals surface area contributed by atoms with E-state index >= 15 is 0 Å². The van der Waals surface area contributed by atoms with Gasteiger partial charge in [-0.2, -0.15) is 0 Å². The van der Waals surface area contributed by atoms with Gasteiger partial charge in [0.2, 0.25) is 0 Å². The molecule has 4 heteroatoms. The Kier molecular flexibility index (Phi) is 15.9. The van der Waals surface area contributed by atoms with Crippen molar-refractivity contribution in [3.8, 4) is 106 Å². The molecule has 2 aliphatic heterocycles. The number of benzene rings is 18. The zero-order chi connectivity index (χ0) is 74.5. The van der Waals surface area contributed by atoms with Gasteiger partial charge in [0, 0.05) is 61.5 Å². The minimum atomic E-state index is -0.362. The number of fused-ring (bicyclic) bond motifs is 9. The van der Waals surface area contributed by atoms with Crippen LogP contribution < -0.4 is 26.2 Å². The quantitative estimate of drug-likeness (QED) is 0.0892. The van der Waals surface area contributed by atoms with Gasteiger partial charge in [0.25, 0.3) is 6.71 Å². The summed E-state index contributed by atoms with van der Waals surface area (Å²) >= 11 is 0. The third-order valence-corrected chi connectivity index (χ3v) is 23.5. The summed E-state index contributed by atoms with van der Waals surface area (Å²) in [7, 11) is 0. The van der Waals surface area contributed by atoms with Gasteiger partial charge in [-0.3, -0.25) is 0 Å². The van der Waals surface area contributed by atoms with Crippen molar-refractivity contribution in [3.05, 3.63) is 412 Å². The van der Waals surface area contributed by atoms with Crippen molar-refractivity contribution in [3.63, 3.8) is 0 Å². The fraction of sp³-hybridized carbons (Fsp3) is 0.0370. The molecule has 19 aromatic rings. The smallest absolute Gasteiger partial charge is 0.252 e. The molecular formula is C108H76BN3. The Morgan fingerprint density at radius 3 is 0.955 bits per heavy atom. The molecule has 0 N–H and O–H groups in total. The molecule has 21 rings (SSSR count). The van der Waals surface area contributed by atoms with Gasteiger partial charge in [0.1, 0.15) is 0 Å². The lowest BCUT2D eigenvalue weighted by Crippen LogP contribution is -2.61. The molecule has 526 valence electrons. The Hall–Kier alpha value is -14.1. The number of anilines is 6. The average molecular weight is 1430 g/mol. The lowest BCUT2D eigenvalue weighted by atomic mass is 9.33. The first-order valence-electron chi connectivity index (χ1n) is 39.1. The lowest BCUT2D eigenvalue weighted by molar-refractivity contribution is 0.590. The van der Waals surface area contributed by atoms with E-state index in [0.29, 0.717) is 0 Å². The summed E-state index contributed by atoms with van der Waals surface area (Å²) in [5.74, 6) is 0. The summed E-state index contributed by atoms with van der Waals surface area (Å²) < 4.78 is 2.50. The Morgan fingerprint density at radius 1 is 0.223 bits per heavy atom. The topological polar surface area (TPSA) is 11.4 Å². The molecule has 0 bridgehead atoms. The van der Waals surface area contributed by atoms with E-state index in [1.165, 1.54) is 76.5 Å². The van der Waals surface area contributed by atoms with Crippen molar-refractivity contribution >= 4 is 101 Å². The zero-order valence-electron chi connectivity index (χ0n) is 62.6. The highest BCUT2D eigenvalue weighted by molar-refractivity contribution is 7.00. The fourth-order valence-electron chi connectivity index (χ4n) is 18.3. The SMILES string of the molecule is CC(C)(C)c1cc2c3c(c1)N(c1c(-c4ccccc4)cc(-c4ccccc4)cc1-c1ccccc1)c1cc(-n4c5ccccc5c5ccccc54)ccc1B3c1ccc(-c3ccc4c(-c5ccccc5)c5ccccc5c(-c5ccccc5)c4c3)cc1N2c1c(-c2ccccc2)cc(-c2ccccc2)cc1-c1ccccc1. The molecule has 3 nitrogen and oxygen atoms in total. The second-order valence-electron chi connectivity index (χ2n) is 31.0. The van der Waals surface area contributed by atoms with Crippen LogP contribution >= 0.6 is 0 Å². The van der Waals surface area contributed by atoms with Crippen LogP contribution in [0, 0.1) is 0 Å². The minimum Gasteiger partial charge on any atom is -0.310 e. The fourth-order valence-corrected chi connectivity index (χ4v) is 18.3. The Labute approximate surface area is 654 Å². The van der Waals surface area contributed by atoms with Crippen LogP contribution in [0.15, 0.2) is 406 Å². The highest BCUT2D eigenvalue weighted by Gasteiger charge is 2.46. The lowest BCUT2D eigenvalue weighted by Gasteiger charge is -2.46. The Morgan fingerprint density at radius 2 is 0.545 bits per heavy atom. The largest absolute Gasteiger partial charge is 0.310 e. The van der Waals surface area contributed by atoms with Crippen molar-refractivity contribution in [2.75, 3.05) is 9.80 Å². The molecule has 0 radical (unpaired) electrons. The molecule has 0 fully saturated rings. The second kappa shape index (κ2) is 27.0. The number of rotatable bonds is 12. The highest BCUT2D eigenvalue weighted by atomic mass is 15.2. The van der Waals surface area contributed by atoms with Gasteiger partial charge in [0.05, 0.1) is 22.4 Å². The number of hydrogen-bond acceptors (Lipinski definition) is 2. The Balaban J connectivity index is 0.923. The summed E-state index contributed by atoms with van der Waals surface area (Å²) in [6.45, 7) is 6.92. The second-order valence-corrected chi connectivity index (χ2v) is 31.0. The molecule has 0 saturated carbocycles. The third-order valence-electron chi connectivity index (χ3n) is 23.5. The maximum Gasteiger partial charge on any atom is 0.252 e. The monoisotopic (exact) mass is 1430 g/mol. The van der Waals surface area contributed by atoms with E-state index in [1.807, 2.05) is 0 Å². The van der Waals surface area contributed by atoms with Crippen molar-refractivity contribution in [2.24, 2.45) is 0 Å². The normalized spacial score (nSPS) is 12.4. The average Bonchev–Trinajstić information content (AvgIpc) is 0.690. The number of hydrogen-bond donors (Lipinski definition) is 0. The standard InChI is InChI=1S/C108H76BN3/c1-108(2,3)83-68-101-105-102(69-83)112(107-92(75-42-20-8-21-43-75)65-82(72-36-14-5-15-37-72)66-93(107)76-44-22-9-23-45-76)100-70-84(110-97-54-32-30-50-85(97)86-51-31-33-55-98(86)110)58-61-96(100)109(105)95-60-57-80(79-56-59-89-94(62-79)104(78-48-26-11-27-49-78)88-53-29-28-52-87(88)103(89)77-46-24-10-25-47-77)67-99(95)111(101)106-90(73-38-16-6-17-39-73)63-81(71-34-12-4-13-35-71)64-91(106)74-40-18-7-19-41-74/h4-70H,1-3H3. The summed E-state index contributed by atoms with van der Waals surface area (Å²) in [6, 6.07) is 153. The Bertz CT molecular complexity index is 6700. The predicted molar refractivity (Wildman–Crippen MR) is 477 cm³/mol. The van der Waals surface area contributed by atoms with Crippen LogP contribution in [-0.2, 0) is 5.41 Å². The van der Waals surface area contributed by atoms with E-state index in [2.05, 4.69) is 442 Å². The molecule has 2 aliphatic rings. The summed E-state index contributed by atoms with van der Waals surface area (Å²) in [4.78, 5) is 5.44. The summed E-state index contributed by atoms with van der Waals surface area (Å²) in [5, 5.41) is 7.32. The van der Waals surface area contributed by atoms with Gasteiger partial charge in [-0.15, -0.1) is 0 Å². The molecule has 18 aromatic carbocycles. The van der Waals surface area contributed by atoms with E-state index in [4.69, 9.17) is 0 Å². The number of para-hydroxylation sites is 2. The van der Waals surface area contributed by atoms with Crippen LogP contribution in [0.25, 0.3) is 149 Å². The molecule has 0 saturated heterocycles. The molecule has 0 aliphatic carbocycles. The maximum absolute atomic E-state index is 2.73. The summed E-state index contributed by atoms with van der Waals surface area (Å²) in [5.41, 5.74) is 35.3. The van der Waals surface area contributed by atoms with E-state index < -0.39 is 0 Å². The van der Waals surface area contributed by atoms with Gasteiger partial charge in [0.15, 0.2) is 0 Å². The van der Waals surface area contributed by atoms with Crippen LogP contribution in [0.5, 0.6) is 0 Å². The van der Waals surface area contributed by atoms with Crippen molar-refractivity contribution < 1.29 is 0 Å². The number of nitrogens with zero attached hydrogens (tertiary/aromatic N) is 3. The van der Waals surface area contributed by atoms with E-state index in [0.717, 1.165) is 129 Å².